The fourth-order valence-corrected chi connectivity index (χ4v) is 7.04. The topological polar surface area (TPSA) is 204 Å². The van der Waals surface area contributed by atoms with Gasteiger partial charge < -0.3 is 25.9 Å². The van der Waals surface area contributed by atoms with Crippen LogP contribution in [0.1, 0.15) is 5.82 Å². The van der Waals surface area contributed by atoms with Crippen molar-refractivity contribution in [1.29, 1.82) is 0 Å². The lowest BCUT2D eigenvalue weighted by Crippen LogP contribution is -2.74. The number of oxime groups is 1. The Bertz CT molecular complexity index is 1450. The third-order valence-electron chi connectivity index (χ3n) is 5.87. The number of fused-ring (bicyclic) bond motifs is 1. The van der Waals surface area contributed by atoms with Crippen LogP contribution in [0.2, 0.25) is 5.02 Å². The Balaban J connectivity index is 1.28. The van der Waals surface area contributed by atoms with Crippen molar-refractivity contribution >= 4 is 75.3 Å². The van der Waals surface area contributed by atoms with Gasteiger partial charge >= 0.3 is 5.97 Å². The van der Waals surface area contributed by atoms with Crippen molar-refractivity contribution in [2.24, 2.45) is 17.6 Å². The van der Waals surface area contributed by atoms with Gasteiger partial charge in [-0.2, -0.15) is 9.36 Å². The van der Waals surface area contributed by atoms with E-state index in [2.05, 4.69) is 35.4 Å². The van der Waals surface area contributed by atoms with Crippen molar-refractivity contribution in [3.63, 3.8) is 0 Å². The number of nitrogens with two attached hydrogens (primary N) is 1. The molecule has 2 fully saturated rings. The predicted molar refractivity (Wildman–Crippen MR) is 142 cm³/mol. The zero-order chi connectivity index (χ0) is 27.7. The molecule has 5 rings (SSSR count). The second-order valence-electron chi connectivity index (χ2n) is 8.52. The number of carbonyl (C=O) groups is 3. The van der Waals surface area contributed by atoms with E-state index in [1.165, 1.54) is 33.1 Å². The number of β-lactam (4-membered cyclic amide) rings is 1. The normalized spacial score (nSPS) is 22.7. The summed E-state index contributed by atoms with van der Waals surface area (Å²) < 4.78 is 5.47. The van der Waals surface area contributed by atoms with Gasteiger partial charge in [0.1, 0.15) is 16.8 Å². The van der Waals surface area contributed by atoms with E-state index < -0.39 is 34.6 Å². The average molecular weight is 611 g/mol. The molecule has 2 aliphatic rings. The van der Waals surface area contributed by atoms with E-state index in [0.29, 0.717) is 15.9 Å². The van der Waals surface area contributed by atoms with Gasteiger partial charge in [0.25, 0.3) is 5.91 Å². The minimum Gasteiger partial charge on any atom is -0.481 e. The van der Waals surface area contributed by atoms with Crippen LogP contribution in [-0.2, 0) is 21.4 Å². The maximum absolute atomic E-state index is 13.2. The number of halogens is 1. The molecule has 0 radical (unpaired) electrons. The van der Waals surface area contributed by atoms with Gasteiger partial charge in [-0.1, -0.05) is 28.5 Å². The van der Waals surface area contributed by atoms with Gasteiger partial charge in [-0.3, -0.25) is 14.4 Å². The van der Waals surface area contributed by atoms with Crippen molar-refractivity contribution in [3.8, 4) is 5.75 Å². The van der Waals surface area contributed by atoms with E-state index in [9.17, 15) is 19.5 Å². The van der Waals surface area contributed by atoms with E-state index in [0.717, 1.165) is 11.5 Å². The quantitative estimate of drug-likeness (QED) is 0.130. The van der Waals surface area contributed by atoms with Gasteiger partial charge in [0.2, 0.25) is 22.6 Å². The monoisotopic (exact) mass is 610 g/mol. The highest BCUT2D eigenvalue weighted by Gasteiger charge is 2.57. The van der Waals surface area contributed by atoms with E-state index in [-0.39, 0.29) is 34.7 Å². The highest BCUT2D eigenvalue weighted by Crippen LogP contribution is 2.44. The van der Waals surface area contributed by atoms with Crippen molar-refractivity contribution in [3.05, 3.63) is 35.1 Å². The average Bonchev–Trinajstić information content (AvgIpc) is 3.54. The molecule has 39 heavy (non-hydrogen) atoms. The molecule has 4 heterocycles. The van der Waals surface area contributed by atoms with Crippen molar-refractivity contribution in [2.45, 2.75) is 16.6 Å². The molecule has 3 atom stereocenters. The number of nitrogens with one attached hydrogen (secondary N) is 1. The molecular formula is C20H19ClN10O5S3. The smallest absolute Gasteiger partial charge is 0.313 e. The summed E-state index contributed by atoms with van der Waals surface area (Å²) in [6, 6.07) is 5.40. The number of rotatable bonds is 9. The van der Waals surface area contributed by atoms with Gasteiger partial charge in [0.05, 0.1) is 0 Å². The fraction of sp³-hybridized carbons (Fsp3) is 0.350. The van der Waals surface area contributed by atoms with Crippen molar-refractivity contribution in [1.82, 2.24) is 39.8 Å². The van der Waals surface area contributed by atoms with Gasteiger partial charge in [0, 0.05) is 41.7 Å². The van der Waals surface area contributed by atoms with Crippen molar-refractivity contribution < 1.29 is 24.3 Å². The highest BCUT2D eigenvalue weighted by atomic mass is 35.5. The largest absolute Gasteiger partial charge is 0.481 e. The van der Waals surface area contributed by atoms with Gasteiger partial charge in [-0.15, -0.1) is 16.9 Å². The summed E-state index contributed by atoms with van der Waals surface area (Å²) in [7, 11) is 1.65. The molecule has 2 saturated heterocycles. The van der Waals surface area contributed by atoms with Gasteiger partial charge in [0.15, 0.2) is 10.9 Å². The molecule has 2 amide bonds. The predicted octanol–water partition coefficient (Wildman–Crippen LogP) is 0.343. The first-order chi connectivity index (χ1) is 18.7. The summed E-state index contributed by atoms with van der Waals surface area (Å²) >= 11 is 9.23. The second-order valence-corrected chi connectivity index (χ2v) is 11.8. The minimum atomic E-state index is -1.22. The van der Waals surface area contributed by atoms with Crippen LogP contribution in [0.15, 0.2) is 34.6 Å². The molecule has 0 bridgehead atoms. The number of aromatic nitrogens is 6. The summed E-state index contributed by atoms with van der Waals surface area (Å²) in [4.78, 5) is 49.3. The van der Waals surface area contributed by atoms with Crippen molar-refractivity contribution in [2.75, 3.05) is 23.8 Å². The lowest BCUT2D eigenvalue weighted by atomic mass is 9.89. The molecule has 0 saturated carbocycles. The number of carboxylic acids is 1. The fourth-order valence-electron chi connectivity index (χ4n) is 3.77. The summed E-state index contributed by atoms with van der Waals surface area (Å²) in [5.74, 6) is -1.58. The Morgan fingerprint density at radius 3 is 2.79 bits per heavy atom. The van der Waals surface area contributed by atoms with E-state index in [1.54, 1.807) is 31.3 Å². The maximum atomic E-state index is 13.2. The molecule has 0 aliphatic carbocycles. The third-order valence-corrected chi connectivity index (χ3v) is 9.55. The number of nitrogens with zero attached hydrogens (tertiary/aromatic N) is 8. The number of nitrogen functional groups attached to an aromatic ring is 1. The minimum absolute atomic E-state index is 0.0196. The molecule has 204 valence electrons. The lowest BCUT2D eigenvalue weighted by molar-refractivity contribution is -0.157. The molecule has 3 aromatic rings. The molecule has 15 nitrogen and oxygen atoms in total. The summed E-state index contributed by atoms with van der Waals surface area (Å²) in [6.07, 6.45) is 0. The Labute approximate surface area is 237 Å². The van der Waals surface area contributed by atoms with E-state index in [4.69, 9.17) is 22.2 Å². The zero-order valence-electron chi connectivity index (χ0n) is 19.9. The Morgan fingerprint density at radius 1 is 1.38 bits per heavy atom. The van der Waals surface area contributed by atoms with Crippen LogP contribution in [0.5, 0.6) is 5.75 Å². The number of aliphatic carboxylic acids is 1. The van der Waals surface area contributed by atoms with Crippen LogP contribution in [0.3, 0.4) is 0 Å². The Kier molecular flexibility index (Phi) is 7.61. The number of hydrogen-bond acceptors (Lipinski definition) is 14. The van der Waals surface area contributed by atoms with Crippen LogP contribution in [0.25, 0.3) is 0 Å². The number of carbonyl (C=O) groups excluding carboxylic acids is 2. The summed E-state index contributed by atoms with van der Waals surface area (Å²) in [5, 5.41) is 28.4. The molecule has 0 spiro atoms. The first kappa shape index (κ1) is 27.1. The van der Waals surface area contributed by atoms with Gasteiger partial charge in [-0.05, 0) is 34.7 Å². The zero-order valence-corrected chi connectivity index (χ0v) is 23.1. The van der Waals surface area contributed by atoms with Gasteiger partial charge in [-0.25, -0.2) is 4.68 Å². The maximum Gasteiger partial charge on any atom is 0.313 e. The van der Waals surface area contributed by atoms with E-state index >= 15 is 0 Å². The second kappa shape index (κ2) is 10.9. The summed E-state index contributed by atoms with van der Waals surface area (Å²) in [5.41, 5.74) is 4.18. The van der Waals surface area contributed by atoms with Crippen LogP contribution in [0.4, 0.5) is 5.13 Å². The Morgan fingerprint density at radius 2 is 2.15 bits per heavy atom. The van der Waals surface area contributed by atoms with Crippen LogP contribution >= 0.6 is 46.7 Å². The number of anilines is 1. The number of carboxylic acid groups (broad SMARTS) is 1. The highest BCUT2D eigenvalue weighted by molar-refractivity contribution is 8.00. The molecule has 4 N–H and O–H groups in total. The molecule has 2 unspecified atom stereocenters. The van der Waals surface area contributed by atoms with E-state index in [1.807, 2.05) is 0 Å². The summed E-state index contributed by atoms with van der Waals surface area (Å²) in [6.45, 7) is -0.0196. The number of thioether (sulfide) groups is 2. The molecule has 2 aliphatic heterocycles. The van der Waals surface area contributed by atoms with Crippen LogP contribution in [-0.4, -0.2) is 92.5 Å². The number of amides is 2. The molecule has 2 aromatic heterocycles. The van der Waals surface area contributed by atoms with Crippen LogP contribution in [0, 0.1) is 5.41 Å². The van der Waals surface area contributed by atoms with Crippen LogP contribution < -0.4 is 15.9 Å². The third kappa shape index (κ3) is 5.49. The first-order valence-corrected chi connectivity index (χ1v) is 14.3. The lowest BCUT2D eigenvalue weighted by Gasteiger charge is -2.53. The molecule has 1 aromatic carbocycles. The Hall–Kier alpha value is -3.48. The number of tetrazole rings is 1. The number of aryl methyl sites for hydroxylation is 1. The standard InChI is InChI=1S/C20H19ClN10O5S3/c1-30-19(25-28-29-30)38-8-20(17(34)35)6-31-15(33)12(16(31)37-7-20)23-14(32)11(13-24-18(22)39-27-13)26-36-10-4-2-9(21)3-5-10/h2-5,12,16H,6-8H2,1H3,(H,23,32)(H,34,35)(H2,22,24,27)/t12?,16-,20?/m1/s1. The number of hydrogen-bond donors (Lipinski definition) is 3. The SMILES string of the molecule is Cn1nnnc1SCC1(C(=O)O)CS[C@@H]2C(NC(=O)C(=NOc3ccc(Cl)cc3)c3nsc(N)n3)C(=O)N2C1. The number of benzene rings is 1. The molecular weight excluding hydrogens is 592 g/mol. The molecule has 19 heteroatoms. The first-order valence-electron chi connectivity index (χ1n) is 11.1.